The molecular formula is C14H15BrClNOS. The molecule has 1 heterocycles. The van der Waals surface area contributed by atoms with Gasteiger partial charge in [-0.15, -0.1) is 11.3 Å². The van der Waals surface area contributed by atoms with E-state index in [0.717, 1.165) is 20.5 Å². The second kappa shape index (κ2) is 6.37. The number of halogens is 2. The number of aliphatic hydroxyl groups excluding tert-OH is 1. The minimum atomic E-state index is -0.669. The van der Waals surface area contributed by atoms with E-state index in [9.17, 15) is 5.11 Å². The maximum Gasteiger partial charge on any atom is 0.0977 e. The van der Waals surface area contributed by atoms with Gasteiger partial charge >= 0.3 is 0 Å². The Kier molecular flexibility index (Phi) is 5.03. The molecule has 0 saturated heterocycles. The van der Waals surface area contributed by atoms with E-state index in [-0.39, 0.29) is 5.92 Å². The first-order chi connectivity index (χ1) is 9.04. The Morgan fingerprint density at radius 3 is 2.47 bits per heavy atom. The summed E-state index contributed by atoms with van der Waals surface area (Å²) in [7, 11) is 0. The summed E-state index contributed by atoms with van der Waals surface area (Å²) >= 11 is 11.1. The van der Waals surface area contributed by atoms with Gasteiger partial charge in [-0.1, -0.05) is 39.7 Å². The van der Waals surface area contributed by atoms with Crippen molar-refractivity contribution >= 4 is 38.9 Å². The van der Waals surface area contributed by atoms with Crippen molar-refractivity contribution in [3.63, 3.8) is 0 Å². The summed E-state index contributed by atoms with van der Waals surface area (Å²) in [5, 5.41) is 13.1. The molecule has 102 valence electrons. The van der Waals surface area contributed by atoms with Crippen LogP contribution in [-0.2, 0) is 0 Å². The fraction of sp³-hybridized carbons (Fsp3) is 0.286. The van der Waals surface area contributed by atoms with Gasteiger partial charge < -0.3 is 10.8 Å². The third-order valence-corrected chi connectivity index (χ3v) is 5.44. The van der Waals surface area contributed by atoms with Crippen LogP contribution >= 0.6 is 38.9 Å². The van der Waals surface area contributed by atoms with Crippen LogP contribution in [0.3, 0.4) is 0 Å². The van der Waals surface area contributed by atoms with Crippen LogP contribution in [0.2, 0.25) is 5.02 Å². The molecule has 0 aliphatic carbocycles. The van der Waals surface area contributed by atoms with Crippen LogP contribution in [0.5, 0.6) is 0 Å². The van der Waals surface area contributed by atoms with Crippen molar-refractivity contribution in [2.75, 3.05) is 6.54 Å². The van der Waals surface area contributed by atoms with Gasteiger partial charge in [-0.3, -0.25) is 0 Å². The maximum atomic E-state index is 10.5. The summed E-state index contributed by atoms with van der Waals surface area (Å²) in [5.41, 5.74) is 7.83. The van der Waals surface area contributed by atoms with E-state index in [4.69, 9.17) is 17.3 Å². The number of aryl methyl sites for hydroxylation is 1. The molecule has 0 fully saturated rings. The van der Waals surface area contributed by atoms with Crippen LogP contribution in [-0.4, -0.2) is 11.7 Å². The summed E-state index contributed by atoms with van der Waals surface area (Å²) in [5.74, 6) is -0.149. The lowest BCUT2D eigenvalue weighted by atomic mass is 9.92. The molecule has 0 bridgehead atoms. The lowest BCUT2D eigenvalue weighted by molar-refractivity contribution is 0.151. The summed E-state index contributed by atoms with van der Waals surface area (Å²) in [6, 6.07) is 7.84. The molecule has 2 aromatic rings. The van der Waals surface area contributed by atoms with Gasteiger partial charge in [0.1, 0.15) is 0 Å². The monoisotopic (exact) mass is 359 g/mol. The van der Waals surface area contributed by atoms with E-state index in [1.165, 1.54) is 11.3 Å². The maximum absolute atomic E-state index is 10.5. The van der Waals surface area contributed by atoms with Crippen LogP contribution in [0.15, 0.2) is 34.1 Å². The molecular weight excluding hydrogens is 346 g/mol. The standard InChI is InChI=1S/C14H15BrClNOS/c1-8-7-19-14(12(8)16)13(18)11(6-17)9-2-4-10(15)5-3-9/h2-5,7,11,13,18H,6,17H2,1H3. The lowest BCUT2D eigenvalue weighted by Gasteiger charge is -2.21. The number of benzene rings is 1. The molecule has 1 aromatic carbocycles. The molecule has 19 heavy (non-hydrogen) atoms. The number of rotatable bonds is 4. The first kappa shape index (κ1) is 15.0. The minimum Gasteiger partial charge on any atom is -0.387 e. The van der Waals surface area contributed by atoms with Crippen molar-refractivity contribution in [2.45, 2.75) is 18.9 Å². The number of thiophene rings is 1. The van der Waals surface area contributed by atoms with E-state index >= 15 is 0 Å². The molecule has 2 unspecified atom stereocenters. The highest BCUT2D eigenvalue weighted by Gasteiger charge is 2.25. The van der Waals surface area contributed by atoms with Crippen molar-refractivity contribution in [3.05, 3.63) is 55.1 Å². The zero-order chi connectivity index (χ0) is 14.0. The molecule has 2 atom stereocenters. The van der Waals surface area contributed by atoms with Crippen LogP contribution < -0.4 is 5.73 Å². The van der Waals surface area contributed by atoms with Crippen LogP contribution in [0.25, 0.3) is 0 Å². The van der Waals surface area contributed by atoms with E-state index in [0.29, 0.717) is 11.6 Å². The van der Waals surface area contributed by atoms with Gasteiger partial charge in [0, 0.05) is 16.9 Å². The predicted octanol–water partition coefficient (Wildman–Crippen LogP) is 4.25. The van der Waals surface area contributed by atoms with E-state index < -0.39 is 6.10 Å². The third-order valence-electron chi connectivity index (χ3n) is 3.13. The van der Waals surface area contributed by atoms with Crippen molar-refractivity contribution in [1.29, 1.82) is 0 Å². The molecule has 0 aliphatic rings. The molecule has 0 spiro atoms. The van der Waals surface area contributed by atoms with Gasteiger partial charge in [0.05, 0.1) is 16.0 Å². The Balaban J connectivity index is 2.31. The Morgan fingerprint density at radius 1 is 1.37 bits per heavy atom. The molecule has 0 saturated carbocycles. The highest BCUT2D eigenvalue weighted by molar-refractivity contribution is 9.10. The van der Waals surface area contributed by atoms with Crippen LogP contribution in [0.4, 0.5) is 0 Å². The van der Waals surface area contributed by atoms with Crippen LogP contribution in [0, 0.1) is 6.92 Å². The fourth-order valence-electron chi connectivity index (χ4n) is 1.99. The normalized spacial score (nSPS) is 14.4. The van der Waals surface area contributed by atoms with Crippen molar-refractivity contribution in [1.82, 2.24) is 0 Å². The zero-order valence-corrected chi connectivity index (χ0v) is 13.6. The molecule has 2 rings (SSSR count). The summed E-state index contributed by atoms with van der Waals surface area (Å²) < 4.78 is 1.01. The molecule has 5 heteroatoms. The van der Waals surface area contributed by atoms with E-state index in [2.05, 4.69) is 15.9 Å². The molecule has 2 nitrogen and oxygen atoms in total. The fourth-order valence-corrected chi connectivity index (χ4v) is 3.61. The summed E-state index contributed by atoms with van der Waals surface area (Å²) in [6.07, 6.45) is -0.669. The molecule has 1 aromatic heterocycles. The Morgan fingerprint density at radius 2 is 2.00 bits per heavy atom. The second-order valence-corrected chi connectivity index (χ2v) is 6.64. The Bertz CT molecular complexity index is 555. The lowest BCUT2D eigenvalue weighted by Crippen LogP contribution is -2.19. The van der Waals surface area contributed by atoms with Crippen LogP contribution in [0.1, 0.15) is 28.0 Å². The van der Waals surface area contributed by atoms with Gasteiger partial charge in [-0.25, -0.2) is 0 Å². The summed E-state index contributed by atoms with van der Waals surface area (Å²) in [4.78, 5) is 0.789. The number of hydrogen-bond acceptors (Lipinski definition) is 3. The molecule has 0 aliphatic heterocycles. The molecule has 3 N–H and O–H groups in total. The van der Waals surface area contributed by atoms with E-state index in [1.54, 1.807) is 0 Å². The average Bonchev–Trinajstić information content (AvgIpc) is 2.73. The van der Waals surface area contributed by atoms with Crippen molar-refractivity contribution in [2.24, 2.45) is 5.73 Å². The Labute approximate surface area is 130 Å². The topological polar surface area (TPSA) is 46.2 Å². The quantitative estimate of drug-likeness (QED) is 0.856. The Hall–Kier alpha value is -0.390. The van der Waals surface area contributed by atoms with Crippen molar-refractivity contribution in [3.8, 4) is 0 Å². The molecule has 0 amide bonds. The first-order valence-electron chi connectivity index (χ1n) is 5.91. The SMILES string of the molecule is Cc1csc(C(O)C(CN)c2ccc(Br)cc2)c1Cl. The van der Waals surface area contributed by atoms with Gasteiger partial charge in [0.15, 0.2) is 0 Å². The summed E-state index contributed by atoms with van der Waals surface area (Å²) in [6.45, 7) is 2.31. The van der Waals surface area contributed by atoms with Gasteiger partial charge in [-0.05, 0) is 35.6 Å². The zero-order valence-electron chi connectivity index (χ0n) is 10.4. The number of nitrogens with two attached hydrogens (primary N) is 1. The average molecular weight is 361 g/mol. The predicted molar refractivity (Wildman–Crippen MR) is 85.0 cm³/mol. The number of aliphatic hydroxyl groups is 1. The number of hydrogen-bond donors (Lipinski definition) is 2. The smallest absolute Gasteiger partial charge is 0.0977 e. The second-order valence-electron chi connectivity index (χ2n) is 4.44. The third kappa shape index (κ3) is 3.20. The minimum absolute atomic E-state index is 0.149. The largest absolute Gasteiger partial charge is 0.387 e. The molecule has 0 radical (unpaired) electrons. The van der Waals surface area contributed by atoms with Crippen molar-refractivity contribution < 1.29 is 5.11 Å². The van der Waals surface area contributed by atoms with Gasteiger partial charge in [0.2, 0.25) is 0 Å². The first-order valence-corrected chi connectivity index (χ1v) is 7.96. The van der Waals surface area contributed by atoms with Gasteiger partial charge in [0.25, 0.3) is 0 Å². The van der Waals surface area contributed by atoms with Gasteiger partial charge in [-0.2, -0.15) is 0 Å². The van der Waals surface area contributed by atoms with E-state index in [1.807, 2.05) is 36.6 Å². The highest BCUT2D eigenvalue weighted by Crippen LogP contribution is 2.39. The highest BCUT2D eigenvalue weighted by atomic mass is 79.9.